The van der Waals surface area contributed by atoms with Crippen molar-refractivity contribution in [3.05, 3.63) is 45.6 Å². The minimum absolute atomic E-state index is 0.0140. The summed E-state index contributed by atoms with van der Waals surface area (Å²) in [4.78, 5) is 0. The van der Waals surface area contributed by atoms with Crippen molar-refractivity contribution in [2.75, 3.05) is 13.2 Å². The van der Waals surface area contributed by atoms with Crippen molar-refractivity contribution in [3.8, 4) is 0 Å². The first-order valence-corrected chi connectivity index (χ1v) is 6.99. The van der Waals surface area contributed by atoms with Crippen molar-refractivity contribution >= 4 is 23.2 Å². The van der Waals surface area contributed by atoms with Gasteiger partial charge in [0.2, 0.25) is 0 Å². The van der Waals surface area contributed by atoms with Gasteiger partial charge in [0.1, 0.15) is 5.76 Å². The highest BCUT2D eigenvalue weighted by Crippen LogP contribution is 2.32. The Morgan fingerprint density at radius 3 is 2.83 bits per heavy atom. The average Bonchev–Trinajstić information content (AvgIpc) is 2.38. The second-order valence-corrected chi connectivity index (χ2v) is 5.10. The molecule has 2 nitrogen and oxygen atoms in total. The maximum absolute atomic E-state index is 6.27. The van der Waals surface area contributed by atoms with E-state index in [0.29, 0.717) is 10.0 Å². The number of hydrogen-bond donors (Lipinski definition) is 1. The van der Waals surface area contributed by atoms with E-state index in [2.05, 4.69) is 18.3 Å². The molecule has 0 aliphatic carbocycles. The van der Waals surface area contributed by atoms with Crippen molar-refractivity contribution in [2.24, 2.45) is 0 Å². The van der Waals surface area contributed by atoms with Crippen LogP contribution < -0.4 is 5.32 Å². The van der Waals surface area contributed by atoms with Crippen molar-refractivity contribution in [1.29, 1.82) is 0 Å². The van der Waals surface area contributed by atoms with Crippen LogP contribution in [0.4, 0.5) is 0 Å². The third kappa shape index (κ3) is 3.19. The van der Waals surface area contributed by atoms with Gasteiger partial charge in [0, 0.05) is 10.0 Å². The topological polar surface area (TPSA) is 21.3 Å². The van der Waals surface area contributed by atoms with Crippen molar-refractivity contribution in [2.45, 2.75) is 25.8 Å². The minimum atomic E-state index is 0.0140. The first-order valence-electron chi connectivity index (χ1n) is 6.23. The van der Waals surface area contributed by atoms with Crippen LogP contribution in [-0.4, -0.2) is 13.2 Å². The van der Waals surface area contributed by atoms with Gasteiger partial charge in [-0.3, -0.25) is 0 Å². The standard InChI is InChI=1S/C14H17Cl2NO/c1-2-17-14(13-5-3-4-8-18-13)11-7-6-10(15)9-12(11)16/h5-7,9,14,17H,2-4,8H2,1H3. The highest BCUT2D eigenvalue weighted by Gasteiger charge is 2.21. The molecule has 0 amide bonds. The number of likely N-dealkylation sites (N-methyl/N-ethyl adjacent to an activating group) is 1. The largest absolute Gasteiger partial charge is 0.496 e. The molecule has 0 saturated heterocycles. The minimum Gasteiger partial charge on any atom is -0.496 e. The van der Waals surface area contributed by atoms with Crippen LogP contribution in [-0.2, 0) is 4.74 Å². The third-order valence-corrected chi connectivity index (χ3v) is 3.49. The molecule has 1 heterocycles. The van der Waals surface area contributed by atoms with Crippen LogP contribution >= 0.6 is 23.2 Å². The number of allylic oxidation sites excluding steroid dienone is 1. The molecule has 1 N–H and O–H groups in total. The Morgan fingerprint density at radius 2 is 2.22 bits per heavy atom. The fraction of sp³-hybridized carbons (Fsp3) is 0.429. The second-order valence-electron chi connectivity index (χ2n) is 4.25. The fourth-order valence-electron chi connectivity index (χ4n) is 2.08. The molecule has 18 heavy (non-hydrogen) atoms. The molecule has 0 spiro atoms. The van der Waals surface area contributed by atoms with Crippen LogP contribution in [0.1, 0.15) is 31.4 Å². The Bertz CT molecular complexity index is 445. The number of ether oxygens (including phenoxy) is 1. The Labute approximate surface area is 118 Å². The van der Waals surface area contributed by atoms with Gasteiger partial charge in [-0.1, -0.05) is 36.2 Å². The lowest BCUT2D eigenvalue weighted by molar-refractivity contribution is 0.168. The highest BCUT2D eigenvalue weighted by atomic mass is 35.5. The lowest BCUT2D eigenvalue weighted by Crippen LogP contribution is -2.25. The maximum Gasteiger partial charge on any atom is 0.113 e. The Morgan fingerprint density at radius 1 is 1.39 bits per heavy atom. The number of halogens is 2. The predicted octanol–water partition coefficient (Wildman–Crippen LogP) is 4.34. The van der Waals surface area contributed by atoms with Crippen LogP contribution in [0.15, 0.2) is 30.0 Å². The molecule has 4 heteroatoms. The molecule has 1 atom stereocenters. The van der Waals surface area contributed by atoms with Crippen LogP contribution in [0, 0.1) is 0 Å². The predicted molar refractivity (Wildman–Crippen MR) is 76.1 cm³/mol. The molecule has 98 valence electrons. The summed E-state index contributed by atoms with van der Waals surface area (Å²) in [6, 6.07) is 5.60. The van der Waals surface area contributed by atoms with Crippen molar-refractivity contribution < 1.29 is 4.74 Å². The van der Waals surface area contributed by atoms with Crippen molar-refractivity contribution in [3.63, 3.8) is 0 Å². The monoisotopic (exact) mass is 285 g/mol. The zero-order valence-electron chi connectivity index (χ0n) is 10.4. The molecular weight excluding hydrogens is 269 g/mol. The molecule has 1 aliphatic heterocycles. The molecule has 0 radical (unpaired) electrons. The van der Waals surface area contributed by atoms with E-state index in [4.69, 9.17) is 27.9 Å². The van der Waals surface area contributed by atoms with E-state index >= 15 is 0 Å². The summed E-state index contributed by atoms with van der Waals surface area (Å²) in [6.07, 6.45) is 4.28. The van der Waals surface area contributed by atoms with Gasteiger partial charge in [0.05, 0.1) is 12.6 Å². The maximum atomic E-state index is 6.27. The summed E-state index contributed by atoms with van der Waals surface area (Å²) < 4.78 is 5.74. The summed E-state index contributed by atoms with van der Waals surface area (Å²) in [5, 5.41) is 4.73. The van der Waals surface area contributed by atoms with Gasteiger partial charge in [-0.15, -0.1) is 0 Å². The molecular formula is C14H17Cl2NO. The van der Waals surface area contributed by atoms with Gasteiger partial charge < -0.3 is 10.1 Å². The lowest BCUT2D eigenvalue weighted by Gasteiger charge is -2.25. The smallest absolute Gasteiger partial charge is 0.113 e. The normalized spacial score (nSPS) is 16.9. The molecule has 1 aromatic rings. The van der Waals surface area contributed by atoms with E-state index < -0.39 is 0 Å². The van der Waals surface area contributed by atoms with Crippen molar-refractivity contribution in [1.82, 2.24) is 5.32 Å². The van der Waals surface area contributed by atoms with E-state index in [1.807, 2.05) is 12.1 Å². The van der Waals surface area contributed by atoms with Crippen LogP contribution in [0.25, 0.3) is 0 Å². The molecule has 0 bridgehead atoms. The van der Waals surface area contributed by atoms with Gasteiger partial charge in [0.15, 0.2) is 0 Å². The van der Waals surface area contributed by atoms with Crippen LogP contribution in [0.2, 0.25) is 10.0 Å². The Balaban J connectivity index is 2.31. The zero-order valence-corrected chi connectivity index (χ0v) is 11.9. The number of benzene rings is 1. The van der Waals surface area contributed by atoms with Crippen LogP contribution in [0.3, 0.4) is 0 Å². The fourth-order valence-corrected chi connectivity index (χ4v) is 2.60. The quantitative estimate of drug-likeness (QED) is 0.889. The third-order valence-electron chi connectivity index (χ3n) is 2.93. The van der Waals surface area contributed by atoms with Gasteiger partial charge >= 0.3 is 0 Å². The lowest BCUT2D eigenvalue weighted by atomic mass is 10.0. The first-order chi connectivity index (χ1) is 8.72. The van der Waals surface area contributed by atoms with Gasteiger partial charge in [-0.2, -0.15) is 0 Å². The summed E-state index contributed by atoms with van der Waals surface area (Å²) in [5.74, 6) is 0.965. The zero-order chi connectivity index (χ0) is 13.0. The van der Waals surface area contributed by atoms with E-state index in [1.54, 1.807) is 6.07 Å². The summed E-state index contributed by atoms with van der Waals surface area (Å²) in [5.41, 5.74) is 1.01. The molecule has 0 saturated carbocycles. The van der Waals surface area contributed by atoms with E-state index in [0.717, 1.165) is 37.3 Å². The SMILES string of the molecule is CCNC(C1=CCCCO1)c1ccc(Cl)cc1Cl. The summed E-state index contributed by atoms with van der Waals surface area (Å²) in [6.45, 7) is 3.70. The summed E-state index contributed by atoms with van der Waals surface area (Å²) in [7, 11) is 0. The Hall–Kier alpha value is -0.700. The van der Waals surface area contributed by atoms with Crippen LogP contribution in [0.5, 0.6) is 0 Å². The molecule has 0 fully saturated rings. The first kappa shape index (κ1) is 13.7. The van der Waals surface area contributed by atoms with Gasteiger partial charge in [0.25, 0.3) is 0 Å². The van der Waals surface area contributed by atoms with E-state index in [1.165, 1.54) is 0 Å². The molecule has 1 unspecified atom stereocenters. The average molecular weight is 286 g/mol. The van der Waals surface area contributed by atoms with Gasteiger partial charge in [-0.05, 0) is 43.2 Å². The Kier molecular flexibility index (Phi) is 4.93. The number of hydrogen-bond acceptors (Lipinski definition) is 2. The number of rotatable bonds is 4. The molecule has 1 aromatic carbocycles. The van der Waals surface area contributed by atoms with E-state index in [-0.39, 0.29) is 6.04 Å². The number of nitrogens with one attached hydrogen (secondary N) is 1. The highest BCUT2D eigenvalue weighted by molar-refractivity contribution is 6.35. The molecule has 2 rings (SSSR count). The molecule has 1 aliphatic rings. The molecule has 0 aromatic heterocycles. The second kappa shape index (κ2) is 6.46. The van der Waals surface area contributed by atoms with Gasteiger partial charge in [-0.25, -0.2) is 0 Å². The van der Waals surface area contributed by atoms with E-state index in [9.17, 15) is 0 Å². The summed E-state index contributed by atoms with van der Waals surface area (Å²) >= 11 is 12.2.